The summed E-state index contributed by atoms with van der Waals surface area (Å²) in [5.74, 6) is 1.97. The van der Waals surface area contributed by atoms with E-state index in [1.807, 2.05) is 14.1 Å². The number of unbranched alkanes of at least 4 members (excludes halogenated alkanes) is 1. The van der Waals surface area contributed by atoms with Gasteiger partial charge in [-0.15, -0.1) is 24.0 Å². The van der Waals surface area contributed by atoms with Crippen LogP contribution < -0.4 is 10.6 Å². The average molecular weight is 508 g/mol. The molecular weight excluding hydrogens is 465 g/mol. The first-order valence-electron chi connectivity index (χ1n) is 10.9. The average Bonchev–Trinajstić information content (AvgIpc) is 3.14. The number of nitrogens with one attached hydrogen (secondary N) is 2. The number of halogens is 1. The molecule has 0 radical (unpaired) electrons. The topological polar surface area (TPSA) is 60.0 Å². The van der Waals surface area contributed by atoms with Crippen LogP contribution in [0.2, 0.25) is 0 Å². The van der Waals surface area contributed by atoms with Crippen LogP contribution in [0.3, 0.4) is 0 Å². The van der Waals surface area contributed by atoms with E-state index in [-0.39, 0.29) is 35.3 Å². The lowest BCUT2D eigenvalue weighted by Crippen LogP contribution is -2.49. The fraction of sp³-hybridized carbons (Fsp3) is 0.905. The molecule has 1 saturated carbocycles. The van der Waals surface area contributed by atoms with Crippen molar-refractivity contribution >= 4 is 35.8 Å². The summed E-state index contributed by atoms with van der Waals surface area (Å²) in [5.41, 5.74) is -0.257. The number of hydrogen-bond acceptors (Lipinski definition) is 3. The van der Waals surface area contributed by atoms with Gasteiger partial charge in [0.25, 0.3) is 0 Å². The van der Waals surface area contributed by atoms with Crippen molar-refractivity contribution in [1.29, 1.82) is 0 Å². The molecule has 1 aliphatic carbocycles. The Morgan fingerprint density at radius 3 is 2.36 bits per heavy atom. The van der Waals surface area contributed by atoms with Gasteiger partial charge in [0, 0.05) is 34.2 Å². The predicted octanol–water partition coefficient (Wildman–Crippen LogP) is 2.93. The number of carbonyl (C=O) groups is 1. The molecular formula is C21H42IN5O. The number of piperidine rings is 1. The largest absolute Gasteiger partial charge is 0.356 e. The smallest absolute Gasteiger partial charge is 0.230 e. The highest BCUT2D eigenvalue weighted by molar-refractivity contribution is 14.0. The van der Waals surface area contributed by atoms with Crippen LogP contribution in [0, 0.1) is 11.3 Å². The molecule has 2 aliphatic rings. The first-order valence-corrected chi connectivity index (χ1v) is 10.9. The molecule has 28 heavy (non-hydrogen) atoms. The van der Waals surface area contributed by atoms with Gasteiger partial charge < -0.3 is 20.4 Å². The lowest BCUT2D eigenvalue weighted by molar-refractivity contribution is -0.138. The van der Waals surface area contributed by atoms with Crippen LogP contribution in [0.25, 0.3) is 0 Å². The van der Waals surface area contributed by atoms with Crippen molar-refractivity contribution in [2.45, 2.75) is 58.3 Å². The molecule has 2 fully saturated rings. The SMILES string of the molecule is CN=C(NCCCCN1CCC(C)CC1)NCC1(C(=O)N(C)C)CCCC1.I. The van der Waals surface area contributed by atoms with E-state index in [1.165, 1.54) is 38.9 Å². The summed E-state index contributed by atoms with van der Waals surface area (Å²) in [5, 5.41) is 6.83. The summed E-state index contributed by atoms with van der Waals surface area (Å²) in [6, 6.07) is 0. The van der Waals surface area contributed by atoms with E-state index in [0.29, 0.717) is 6.54 Å². The van der Waals surface area contributed by atoms with E-state index >= 15 is 0 Å². The van der Waals surface area contributed by atoms with Crippen molar-refractivity contribution in [3.05, 3.63) is 0 Å². The second-order valence-corrected chi connectivity index (χ2v) is 8.77. The van der Waals surface area contributed by atoms with E-state index < -0.39 is 0 Å². The quantitative estimate of drug-likeness (QED) is 0.230. The number of aliphatic imine (C=N–C) groups is 1. The third-order valence-electron chi connectivity index (χ3n) is 6.31. The molecule has 0 atom stereocenters. The molecule has 1 saturated heterocycles. The van der Waals surface area contributed by atoms with Crippen LogP contribution in [0.4, 0.5) is 0 Å². The highest BCUT2D eigenvalue weighted by Crippen LogP contribution is 2.38. The number of likely N-dealkylation sites (tertiary alicyclic amines) is 1. The first-order chi connectivity index (χ1) is 13.0. The van der Waals surface area contributed by atoms with Crippen LogP contribution in [-0.2, 0) is 4.79 Å². The highest BCUT2D eigenvalue weighted by Gasteiger charge is 2.42. The molecule has 7 heteroatoms. The Bertz CT molecular complexity index is 483. The minimum absolute atomic E-state index is 0. The van der Waals surface area contributed by atoms with E-state index in [2.05, 4.69) is 27.4 Å². The Balaban J connectivity index is 0.00000392. The third-order valence-corrected chi connectivity index (χ3v) is 6.31. The van der Waals surface area contributed by atoms with Gasteiger partial charge in [-0.1, -0.05) is 19.8 Å². The van der Waals surface area contributed by atoms with Gasteiger partial charge in [-0.3, -0.25) is 9.79 Å². The van der Waals surface area contributed by atoms with Crippen LogP contribution in [0.15, 0.2) is 4.99 Å². The molecule has 0 aromatic heterocycles. The van der Waals surface area contributed by atoms with E-state index in [1.54, 1.807) is 11.9 Å². The highest BCUT2D eigenvalue weighted by atomic mass is 127. The fourth-order valence-corrected chi connectivity index (χ4v) is 4.42. The van der Waals surface area contributed by atoms with Crippen molar-refractivity contribution in [3.8, 4) is 0 Å². The van der Waals surface area contributed by atoms with Crippen LogP contribution >= 0.6 is 24.0 Å². The van der Waals surface area contributed by atoms with Gasteiger partial charge in [-0.2, -0.15) is 0 Å². The minimum atomic E-state index is -0.257. The number of rotatable bonds is 8. The van der Waals surface area contributed by atoms with Gasteiger partial charge in [0.2, 0.25) is 5.91 Å². The Morgan fingerprint density at radius 2 is 1.79 bits per heavy atom. The zero-order chi connectivity index (χ0) is 19.7. The fourth-order valence-electron chi connectivity index (χ4n) is 4.42. The standard InChI is InChI=1S/C21H41N5O.HI/c1-18-9-15-26(16-10-18)14-8-7-13-23-20(22-2)24-17-21(11-5-6-12-21)19(27)25(3)4;/h18H,5-17H2,1-4H3,(H2,22,23,24);1H. The van der Waals surface area contributed by atoms with Crippen molar-refractivity contribution < 1.29 is 4.79 Å². The maximum atomic E-state index is 12.7. The molecule has 2 N–H and O–H groups in total. The summed E-state index contributed by atoms with van der Waals surface area (Å²) in [6.07, 6.45) is 9.30. The third kappa shape index (κ3) is 7.69. The predicted molar refractivity (Wildman–Crippen MR) is 128 cm³/mol. The van der Waals surface area contributed by atoms with Crippen molar-refractivity contribution in [2.75, 3.05) is 53.9 Å². The van der Waals surface area contributed by atoms with Crippen molar-refractivity contribution in [2.24, 2.45) is 16.3 Å². The molecule has 1 amide bonds. The van der Waals surface area contributed by atoms with Crippen molar-refractivity contribution in [3.63, 3.8) is 0 Å². The van der Waals surface area contributed by atoms with Gasteiger partial charge >= 0.3 is 0 Å². The number of carbonyl (C=O) groups excluding carboxylic acids is 1. The van der Waals surface area contributed by atoms with Crippen LogP contribution in [-0.4, -0.2) is 75.5 Å². The molecule has 164 valence electrons. The summed E-state index contributed by atoms with van der Waals surface area (Å²) in [6.45, 7) is 7.70. The molecule has 0 spiro atoms. The van der Waals surface area contributed by atoms with Crippen molar-refractivity contribution in [1.82, 2.24) is 20.4 Å². The minimum Gasteiger partial charge on any atom is -0.356 e. The number of nitrogens with zero attached hydrogens (tertiary/aromatic N) is 3. The molecule has 0 aromatic carbocycles. The molecule has 0 bridgehead atoms. The van der Waals surface area contributed by atoms with Gasteiger partial charge in [0.05, 0.1) is 5.41 Å². The Labute approximate surface area is 189 Å². The lowest BCUT2D eigenvalue weighted by atomic mass is 9.84. The summed E-state index contributed by atoms with van der Waals surface area (Å²) in [4.78, 5) is 21.3. The normalized spacial score (nSPS) is 20.5. The zero-order valence-corrected chi connectivity index (χ0v) is 20.8. The molecule has 2 rings (SSSR count). The second-order valence-electron chi connectivity index (χ2n) is 8.77. The number of hydrogen-bond donors (Lipinski definition) is 2. The van der Waals surface area contributed by atoms with Crippen LogP contribution in [0.1, 0.15) is 58.3 Å². The maximum Gasteiger partial charge on any atom is 0.230 e. The molecule has 0 unspecified atom stereocenters. The number of amides is 1. The summed E-state index contributed by atoms with van der Waals surface area (Å²) >= 11 is 0. The molecule has 0 aromatic rings. The molecule has 6 nitrogen and oxygen atoms in total. The second kappa shape index (κ2) is 12.9. The molecule has 1 heterocycles. The monoisotopic (exact) mass is 507 g/mol. The summed E-state index contributed by atoms with van der Waals surface area (Å²) in [7, 11) is 5.52. The van der Waals surface area contributed by atoms with E-state index in [9.17, 15) is 4.79 Å². The number of guanidine groups is 1. The van der Waals surface area contributed by atoms with Crippen LogP contribution in [0.5, 0.6) is 0 Å². The zero-order valence-electron chi connectivity index (χ0n) is 18.4. The first kappa shape index (κ1) is 25.5. The molecule has 1 aliphatic heterocycles. The van der Waals surface area contributed by atoms with Gasteiger partial charge in [0.15, 0.2) is 5.96 Å². The Morgan fingerprint density at radius 1 is 1.14 bits per heavy atom. The van der Waals surface area contributed by atoms with E-state index in [0.717, 1.165) is 50.5 Å². The maximum absolute atomic E-state index is 12.7. The summed E-state index contributed by atoms with van der Waals surface area (Å²) < 4.78 is 0. The van der Waals surface area contributed by atoms with Gasteiger partial charge in [0.1, 0.15) is 0 Å². The lowest BCUT2D eigenvalue weighted by Gasteiger charge is -2.31. The van der Waals surface area contributed by atoms with E-state index in [4.69, 9.17) is 0 Å². The van der Waals surface area contributed by atoms with Gasteiger partial charge in [-0.05, 0) is 64.1 Å². The van der Waals surface area contributed by atoms with Gasteiger partial charge in [-0.25, -0.2) is 0 Å². The Hall–Kier alpha value is -0.570. The Kier molecular flexibility index (Phi) is 11.7.